The van der Waals surface area contributed by atoms with Crippen molar-refractivity contribution in [2.24, 2.45) is 5.73 Å². The Morgan fingerprint density at radius 3 is 2.50 bits per heavy atom. The summed E-state index contributed by atoms with van der Waals surface area (Å²) in [5.41, 5.74) is 7.63. The van der Waals surface area contributed by atoms with Crippen LogP contribution in [0.2, 0.25) is 0 Å². The van der Waals surface area contributed by atoms with E-state index in [2.05, 4.69) is 16.0 Å². The van der Waals surface area contributed by atoms with E-state index in [1.807, 2.05) is 0 Å². The minimum absolute atomic E-state index is 0.195. The average molecular weight is 390 g/mol. The molecule has 0 fully saturated rings. The Morgan fingerprint density at radius 2 is 1.86 bits per heavy atom. The summed E-state index contributed by atoms with van der Waals surface area (Å²) < 4.78 is 17.8. The number of hydrogen-bond donors (Lipinski definition) is 5. The minimum Gasteiger partial charge on any atom is -0.450 e. The second-order valence-electron chi connectivity index (χ2n) is 5.86. The van der Waals surface area contributed by atoms with Gasteiger partial charge in [0.15, 0.2) is 0 Å². The molecule has 0 aliphatic heterocycles. The van der Waals surface area contributed by atoms with Crippen molar-refractivity contribution in [2.75, 3.05) is 29.2 Å². The van der Waals surface area contributed by atoms with Crippen molar-refractivity contribution in [1.29, 1.82) is 0 Å². The molecule has 0 saturated heterocycles. The number of anilines is 3. The molecule has 0 unspecified atom stereocenters. The van der Waals surface area contributed by atoms with Gasteiger partial charge in [0.05, 0.1) is 24.6 Å². The van der Waals surface area contributed by atoms with Gasteiger partial charge in [-0.25, -0.2) is 9.18 Å². The molecule has 150 valence electrons. The molecule has 0 saturated carbocycles. The minimum atomic E-state index is -1.11. The molecule has 2 rings (SSSR count). The lowest BCUT2D eigenvalue weighted by molar-refractivity contribution is -0.118. The van der Waals surface area contributed by atoms with E-state index in [0.29, 0.717) is 17.9 Å². The lowest BCUT2D eigenvalue weighted by atomic mass is 10.2. The Labute approximate surface area is 161 Å². The molecule has 6 N–H and O–H groups in total. The third-order valence-corrected chi connectivity index (χ3v) is 3.73. The summed E-state index contributed by atoms with van der Waals surface area (Å²) in [6.07, 6.45) is -0.670. The van der Waals surface area contributed by atoms with Crippen LogP contribution in [0.3, 0.4) is 0 Å². The number of aliphatic hydroxyl groups is 1. The number of hydrogen-bond acceptors (Lipinski definition) is 6. The highest BCUT2D eigenvalue weighted by atomic mass is 19.1. The number of nitrogens with one attached hydrogen (secondary N) is 3. The van der Waals surface area contributed by atoms with Crippen LogP contribution in [0.25, 0.3) is 0 Å². The molecule has 0 aliphatic rings. The Kier molecular flexibility index (Phi) is 7.73. The van der Waals surface area contributed by atoms with Crippen molar-refractivity contribution >= 4 is 29.1 Å². The lowest BCUT2D eigenvalue weighted by Gasteiger charge is -2.16. The van der Waals surface area contributed by atoms with Gasteiger partial charge in [0.2, 0.25) is 5.91 Å². The van der Waals surface area contributed by atoms with Crippen LogP contribution in [-0.2, 0) is 16.1 Å². The van der Waals surface area contributed by atoms with Crippen LogP contribution in [0.1, 0.15) is 12.5 Å². The summed E-state index contributed by atoms with van der Waals surface area (Å²) in [4.78, 5) is 23.7. The number of carbonyl (C=O) groups excluding carboxylic acids is 2. The van der Waals surface area contributed by atoms with E-state index in [0.717, 1.165) is 5.56 Å². The zero-order chi connectivity index (χ0) is 20.5. The van der Waals surface area contributed by atoms with E-state index in [-0.39, 0.29) is 18.1 Å². The van der Waals surface area contributed by atoms with Crippen LogP contribution >= 0.6 is 0 Å². The maximum atomic E-state index is 13.0. The molecule has 0 spiro atoms. The second-order valence-corrected chi connectivity index (χ2v) is 5.86. The topological polar surface area (TPSA) is 126 Å². The number of carbonyl (C=O) groups is 2. The van der Waals surface area contributed by atoms with Gasteiger partial charge in [0.25, 0.3) is 0 Å². The number of nitrogens with two attached hydrogens (primary N) is 1. The summed E-state index contributed by atoms with van der Waals surface area (Å²) in [7, 11) is 0. The summed E-state index contributed by atoms with van der Waals surface area (Å²) in [5.74, 6) is -0.923. The van der Waals surface area contributed by atoms with Crippen LogP contribution < -0.4 is 21.7 Å². The lowest BCUT2D eigenvalue weighted by Crippen LogP contribution is -2.38. The number of aliphatic hydroxyl groups excluding tert-OH is 1. The summed E-state index contributed by atoms with van der Waals surface area (Å²) in [6, 6.07) is 9.83. The number of benzene rings is 2. The molecule has 2 amide bonds. The van der Waals surface area contributed by atoms with Gasteiger partial charge in [-0.15, -0.1) is 0 Å². The van der Waals surface area contributed by atoms with Gasteiger partial charge in [-0.05, 0) is 42.8 Å². The second kappa shape index (κ2) is 10.2. The molecule has 2 aromatic carbocycles. The van der Waals surface area contributed by atoms with Gasteiger partial charge in [0, 0.05) is 12.2 Å². The first-order valence-corrected chi connectivity index (χ1v) is 8.66. The van der Waals surface area contributed by atoms with Gasteiger partial charge in [-0.2, -0.15) is 0 Å². The van der Waals surface area contributed by atoms with Gasteiger partial charge in [-0.1, -0.05) is 12.1 Å². The van der Waals surface area contributed by atoms with Crippen LogP contribution in [-0.4, -0.2) is 36.4 Å². The Hall–Kier alpha value is -3.17. The molecule has 0 bridgehead atoms. The zero-order valence-electron chi connectivity index (χ0n) is 15.4. The van der Waals surface area contributed by atoms with Gasteiger partial charge in [0.1, 0.15) is 11.9 Å². The molecule has 0 aliphatic carbocycles. The van der Waals surface area contributed by atoms with Crippen LogP contribution in [0.4, 0.5) is 26.2 Å². The van der Waals surface area contributed by atoms with Crippen LogP contribution in [0, 0.1) is 5.82 Å². The Morgan fingerprint density at radius 1 is 1.14 bits per heavy atom. The first-order chi connectivity index (χ1) is 13.4. The van der Waals surface area contributed by atoms with Crippen LogP contribution in [0.5, 0.6) is 0 Å². The molecule has 0 radical (unpaired) electrons. The predicted molar refractivity (Wildman–Crippen MR) is 105 cm³/mol. The quantitative estimate of drug-likeness (QED) is 0.471. The normalized spacial score (nSPS) is 11.4. The van der Waals surface area contributed by atoms with Crippen molar-refractivity contribution in [1.82, 2.24) is 0 Å². The van der Waals surface area contributed by atoms with Crippen molar-refractivity contribution in [3.63, 3.8) is 0 Å². The van der Waals surface area contributed by atoms with Crippen molar-refractivity contribution in [3.05, 3.63) is 53.8 Å². The molecule has 8 nitrogen and oxygen atoms in total. The fraction of sp³-hybridized carbons (Fsp3) is 0.263. The number of ether oxygens (including phenoxy) is 1. The van der Waals surface area contributed by atoms with E-state index in [1.54, 1.807) is 37.3 Å². The fourth-order valence-corrected chi connectivity index (χ4v) is 2.26. The highest BCUT2D eigenvalue weighted by Gasteiger charge is 2.16. The molecule has 0 aromatic heterocycles. The summed E-state index contributed by atoms with van der Waals surface area (Å²) >= 11 is 0. The van der Waals surface area contributed by atoms with Crippen LogP contribution in [0.15, 0.2) is 42.5 Å². The highest BCUT2D eigenvalue weighted by molar-refractivity contribution is 6.00. The van der Waals surface area contributed by atoms with Crippen molar-refractivity contribution in [2.45, 2.75) is 19.5 Å². The van der Waals surface area contributed by atoms with Gasteiger partial charge >= 0.3 is 6.09 Å². The van der Waals surface area contributed by atoms with Crippen molar-refractivity contribution < 1.29 is 23.8 Å². The fourth-order valence-electron chi connectivity index (χ4n) is 2.26. The summed E-state index contributed by atoms with van der Waals surface area (Å²) in [6.45, 7) is 1.77. The van der Waals surface area contributed by atoms with E-state index >= 15 is 0 Å². The number of amides is 2. The van der Waals surface area contributed by atoms with Gasteiger partial charge < -0.3 is 26.2 Å². The molecule has 28 heavy (non-hydrogen) atoms. The predicted octanol–water partition coefficient (Wildman–Crippen LogP) is 2.26. The molecular weight excluding hydrogens is 367 g/mol. The largest absolute Gasteiger partial charge is 0.450 e. The molecule has 9 heteroatoms. The van der Waals surface area contributed by atoms with E-state index in [1.165, 1.54) is 12.1 Å². The van der Waals surface area contributed by atoms with E-state index in [4.69, 9.17) is 15.6 Å². The van der Waals surface area contributed by atoms with Crippen molar-refractivity contribution in [3.8, 4) is 0 Å². The maximum absolute atomic E-state index is 13.0. The number of rotatable bonds is 8. The first-order valence-electron chi connectivity index (χ1n) is 8.66. The Balaban J connectivity index is 2.17. The smallest absolute Gasteiger partial charge is 0.411 e. The number of halogens is 1. The maximum Gasteiger partial charge on any atom is 0.411 e. The molecule has 1 atom stereocenters. The standard InChI is InChI=1S/C19H23FN4O4/c1-2-28-19(27)24-16-8-7-14(9-17(16)23-18(26)15(21)11-25)22-10-12-3-5-13(20)6-4-12/h3-9,15,22,25H,2,10-11,21H2,1H3,(H,23,26)(H,24,27)/t15-/m1/s1. The van der Waals surface area contributed by atoms with Gasteiger partial charge in [-0.3, -0.25) is 10.1 Å². The first kappa shape index (κ1) is 21.1. The third-order valence-electron chi connectivity index (χ3n) is 3.73. The Bertz CT molecular complexity index is 814. The SMILES string of the molecule is CCOC(=O)Nc1ccc(NCc2ccc(F)cc2)cc1NC(=O)[C@H](N)CO. The monoisotopic (exact) mass is 390 g/mol. The molecular formula is C19H23FN4O4. The average Bonchev–Trinajstić information content (AvgIpc) is 2.68. The zero-order valence-corrected chi connectivity index (χ0v) is 15.4. The van der Waals surface area contributed by atoms with E-state index in [9.17, 15) is 14.0 Å². The molecule has 2 aromatic rings. The van der Waals surface area contributed by atoms with E-state index < -0.39 is 24.6 Å². The highest BCUT2D eigenvalue weighted by Crippen LogP contribution is 2.27. The molecule has 0 heterocycles. The summed E-state index contributed by atoms with van der Waals surface area (Å²) in [5, 5.41) is 17.3. The third kappa shape index (κ3) is 6.22.